The van der Waals surface area contributed by atoms with Crippen LogP contribution in [0.1, 0.15) is 16.8 Å². The van der Waals surface area contributed by atoms with E-state index in [1.807, 2.05) is 14.1 Å². The molecule has 0 radical (unpaired) electrons. The predicted molar refractivity (Wildman–Crippen MR) is 121 cm³/mol. The standard InChI is InChI=1S/C23H27N5O3/c1-28(2)12-4-11-25-23(30)17-7-10-19(21(13-17)31-3)26-22-15-24-14-20(27-22)16-5-8-18(29)9-6-16/h5-10,13-15,29H,4,11-12H2,1-3H3,(H,25,30)(H,26,27). The number of aromatic nitrogens is 2. The zero-order valence-corrected chi connectivity index (χ0v) is 17.9. The Balaban J connectivity index is 1.71. The third-order valence-electron chi connectivity index (χ3n) is 4.59. The number of carbonyl (C=O) groups is 1. The molecule has 0 fully saturated rings. The van der Waals surface area contributed by atoms with Crippen molar-refractivity contribution in [1.29, 1.82) is 0 Å². The van der Waals surface area contributed by atoms with E-state index < -0.39 is 0 Å². The van der Waals surface area contributed by atoms with Crippen LogP contribution in [-0.2, 0) is 0 Å². The van der Waals surface area contributed by atoms with Gasteiger partial charge in [0.05, 0.1) is 30.9 Å². The van der Waals surface area contributed by atoms with Gasteiger partial charge in [-0.25, -0.2) is 4.98 Å². The molecule has 1 heterocycles. The van der Waals surface area contributed by atoms with Crippen LogP contribution >= 0.6 is 0 Å². The van der Waals surface area contributed by atoms with E-state index in [1.165, 1.54) is 0 Å². The van der Waals surface area contributed by atoms with Gasteiger partial charge in [-0.15, -0.1) is 0 Å². The Bertz CT molecular complexity index is 1020. The topological polar surface area (TPSA) is 99.6 Å². The zero-order chi connectivity index (χ0) is 22.2. The number of phenols is 1. The van der Waals surface area contributed by atoms with Crippen molar-refractivity contribution in [3.05, 3.63) is 60.4 Å². The van der Waals surface area contributed by atoms with Crippen LogP contribution in [0.25, 0.3) is 11.3 Å². The quantitative estimate of drug-likeness (QED) is 0.456. The summed E-state index contributed by atoms with van der Waals surface area (Å²) in [6.07, 6.45) is 4.14. The lowest BCUT2D eigenvalue weighted by Crippen LogP contribution is -2.27. The van der Waals surface area contributed by atoms with E-state index in [4.69, 9.17) is 4.74 Å². The van der Waals surface area contributed by atoms with Crippen molar-refractivity contribution in [3.8, 4) is 22.8 Å². The fourth-order valence-electron chi connectivity index (χ4n) is 2.97. The van der Waals surface area contributed by atoms with E-state index >= 15 is 0 Å². The highest BCUT2D eigenvalue weighted by Gasteiger charge is 2.11. The Morgan fingerprint density at radius 2 is 1.90 bits per heavy atom. The zero-order valence-electron chi connectivity index (χ0n) is 17.9. The number of aromatic hydroxyl groups is 1. The van der Waals surface area contributed by atoms with Crippen LogP contribution < -0.4 is 15.4 Å². The maximum absolute atomic E-state index is 12.4. The van der Waals surface area contributed by atoms with E-state index in [0.717, 1.165) is 18.5 Å². The Kier molecular flexibility index (Phi) is 7.40. The van der Waals surface area contributed by atoms with Gasteiger partial charge in [-0.05, 0) is 69.5 Å². The second kappa shape index (κ2) is 10.4. The molecule has 3 N–H and O–H groups in total. The summed E-state index contributed by atoms with van der Waals surface area (Å²) in [5.74, 6) is 1.11. The first-order valence-corrected chi connectivity index (χ1v) is 9.95. The summed E-state index contributed by atoms with van der Waals surface area (Å²) >= 11 is 0. The van der Waals surface area contributed by atoms with Crippen LogP contribution in [0.5, 0.6) is 11.5 Å². The normalized spacial score (nSPS) is 10.7. The summed E-state index contributed by atoms with van der Waals surface area (Å²) < 4.78 is 5.47. The van der Waals surface area contributed by atoms with Gasteiger partial charge in [0.15, 0.2) is 0 Å². The third-order valence-corrected chi connectivity index (χ3v) is 4.59. The minimum absolute atomic E-state index is 0.141. The molecular formula is C23H27N5O3. The summed E-state index contributed by atoms with van der Waals surface area (Å²) in [5, 5.41) is 15.6. The van der Waals surface area contributed by atoms with Crippen molar-refractivity contribution < 1.29 is 14.6 Å². The molecule has 0 aliphatic heterocycles. The smallest absolute Gasteiger partial charge is 0.251 e. The molecule has 31 heavy (non-hydrogen) atoms. The average Bonchev–Trinajstić information content (AvgIpc) is 2.77. The molecule has 3 rings (SSSR count). The molecule has 0 saturated carbocycles. The van der Waals surface area contributed by atoms with Crippen LogP contribution in [0.3, 0.4) is 0 Å². The Morgan fingerprint density at radius 1 is 1.13 bits per heavy atom. The molecule has 0 aliphatic rings. The minimum atomic E-state index is -0.141. The number of phenolic OH excluding ortho intramolecular Hbond substituents is 1. The van der Waals surface area contributed by atoms with Gasteiger partial charge >= 0.3 is 0 Å². The molecule has 162 valence electrons. The number of amides is 1. The summed E-state index contributed by atoms with van der Waals surface area (Å²) in [4.78, 5) is 23.3. The van der Waals surface area contributed by atoms with Crippen molar-refractivity contribution in [3.63, 3.8) is 0 Å². The van der Waals surface area contributed by atoms with E-state index in [0.29, 0.717) is 35.1 Å². The number of hydrogen-bond acceptors (Lipinski definition) is 7. The second-order valence-electron chi connectivity index (χ2n) is 7.29. The first-order chi connectivity index (χ1) is 15.0. The highest BCUT2D eigenvalue weighted by Crippen LogP contribution is 2.29. The molecule has 1 aromatic heterocycles. The molecule has 0 atom stereocenters. The van der Waals surface area contributed by atoms with E-state index in [2.05, 4.69) is 25.5 Å². The summed E-state index contributed by atoms with van der Waals surface area (Å²) in [5.41, 5.74) is 2.69. The van der Waals surface area contributed by atoms with Gasteiger partial charge in [0.2, 0.25) is 0 Å². The molecule has 8 nitrogen and oxygen atoms in total. The first-order valence-electron chi connectivity index (χ1n) is 9.95. The highest BCUT2D eigenvalue weighted by molar-refractivity contribution is 5.95. The van der Waals surface area contributed by atoms with Gasteiger partial charge in [-0.3, -0.25) is 9.78 Å². The van der Waals surface area contributed by atoms with E-state index in [-0.39, 0.29) is 11.7 Å². The maximum atomic E-state index is 12.4. The molecule has 0 unspecified atom stereocenters. The number of nitrogens with one attached hydrogen (secondary N) is 2. The van der Waals surface area contributed by atoms with Gasteiger partial charge in [-0.1, -0.05) is 0 Å². The second-order valence-corrected chi connectivity index (χ2v) is 7.29. The van der Waals surface area contributed by atoms with Gasteiger partial charge < -0.3 is 25.4 Å². The minimum Gasteiger partial charge on any atom is -0.508 e. The van der Waals surface area contributed by atoms with Gasteiger partial charge in [-0.2, -0.15) is 0 Å². The van der Waals surface area contributed by atoms with Crippen LogP contribution in [0.2, 0.25) is 0 Å². The van der Waals surface area contributed by atoms with E-state index in [1.54, 1.807) is 62.0 Å². The van der Waals surface area contributed by atoms with Crippen molar-refractivity contribution >= 4 is 17.4 Å². The first kappa shape index (κ1) is 22.0. The van der Waals surface area contributed by atoms with Crippen LogP contribution in [0, 0.1) is 0 Å². The number of nitrogens with zero attached hydrogens (tertiary/aromatic N) is 3. The molecule has 0 spiro atoms. The van der Waals surface area contributed by atoms with Crippen molar-refractivity contribution in [2.24, 2.45) is 0 Å². The van der Waals surface area contributed by atoms with Gasteiger partial charge in [0, 0.05) is 17.7 Å². The van der Waals surface area contributed by atoms with Crippen LogP contribution in [-0.4, -0.2) is 60.2 Å². The van der Waals surface area contributed by atoms with E-state index in [9.17, 15) is 9.90 Å². The summed E-state index contributed by atoms with van der Waals surface area (Å²) in [6.45, 7) is 1.52. The molecule has 8 heteroatoms. The Hall–Kier alpha value is -3.65. The van der Waals surface area contributed by atoms with Gasteiger partial charge in [0.25, 0.3) is 5.91 Å². The Labute approximate surface area is 181 Å². The largest absolute Gasteiger partial charge is 0.508 e. The van der Waals surface area contributed by atoms with Crippen LogP contribution in [0.4, 0.5) is 11.5 Å². The highest BCUT2D eigenvalue weighted by atomic mass is 16.5. The summed E-state index contributed by atoms with van der Waals surface area (Å²) in [6, 6.07) is 12.0. The van der Waals surface area contributed by atoms with Crippen molar-refractivity contribution in [2.45, 2.75) is 6.42 Å². The fraction of sp³-hybridized carbons (Fsp3) is 0.261. The Morgan fingerprint density at radius 3 is 2.61 bits per heavy atom. The molecule has 2 aromatic carbocycles. The lowest BCUT2D eigenvalue weighted by molar-refractivity contribution is 0.0952. The molecule has 1 amide bonds. The third kappa shape index (κ3) is 6.16. The van der Waals surface area contributed by atoms with Crippen molar-refractivity contribution in [2.75, 3.05) is 39.6 Å². The molecule has 0 aliphatic carbocycles. The molecule has 0 saturated heterocycles. The number of benzene rings is 2. The maximum Gasteiger partial charge on any atom is 0.251 e. The van der Waals surface area contributed by atoms with Gasteiger partial charge in [0.1, 0.15) is 17.3 Å². The lowest BCUT2D eigenvalue weighted by Gasteiger charge is -2.13. The molecule has 3 aromatic rings. The number of anilines is 2. The molecular weight excluding hydrogens is 394 g/mol. The summed E-state index contributed by atoms with van der Waals surface area (Å²) in [7, 11) is 5.56. The number of rotatable bonds is 9. The lowest BCUT2D eigenvalue weighted by atomic mass is 10.1. The number of ether oxygens (including phenoxy) is 1. The monoisotopic (exact) mass is 421 g/mol. The number of hydrogen-bond donors (Lipinski definition) is 3. The fourth-order valence-corrected chi connectivity index (χ4v) is 2.97. The number of methoxy groups -OCH3 is 1. The SMILES string of the molecule is COc1cc(C(=O)NCCCN(C)C)ccc1Nc1cncc(-c2ccc(O)cc2)n1. The predicted octanol–water partition coefficient (Wildman–Crippen LogP) is 3.28. The number of carbonyl (C=O) groups excluding carboxylic acids is 1. The average molecular weight is 422 g/mol. The molecule has 0 bridgehead atoms. The van der Waals surface area contributed by atoms with Crippen molar-refractivity contribution in [1.82, 2.24) is 20.2 Å². The van der Waals surface area contributed by atoms with Crippen LogP contribution in [0.15, 0.2) is 54.9 Å².